The second-order valence-electron chi connectivity index (χ2n) is 5.74. The van der Waals surface area contributed by atoms with Gasteiger partial charge in [0.1, 0.15) is 11.6 Å². The fourth-order valence-electron chi connectivity index (χ4n) is 2.78. The van der Waals surface area contributed by atoms with Crippen LogP contribution in [-0.4, -0.2) is 6.61 Å². The van der Waals surface area contributed by atoms with Crippen LogP contribution in [0.1, 0.15) is 12.0 Å². The maximum Gasteiger partial charge on any atom is 0.387 e. The Kier molecular flexibility index (Phi) is 5.08. The maximum absolute atomic E-state index is 14.4. The van der Waals surface area contributed by atoms with Crippen molar-refractivity contribution in [2.75, 3.05) is 0 Å². The smallest absolute Gasteiger partial charge is 0.387 e. The van der Waals surface area contributed by atoms with Gasteiger partial charge in [-0.25, -0.2) is 4.39 Å². The van der Waals surface area contributed by atoms with Gasteiger partial charge in [-0.1, -0.05) is 36.4 Å². The van der Waals surface area contributed by atoms with Crippen molar-refractivity contribution < 1.29 is 17.9 Å². The molecule has 1 nitrogen and oxygen atoms in total. The summed E-state index contributed by atoms with van der Waals surface area (Å²) >= 11 is 0. The van der Waals surface area contributed by atoms with Crippen molar-refractivity contribution >= 4 is 10.8 Å². The van der Waals surface area contributed by atoms with Gasteiger partial charge >= 0.3 is 6.61 Å². The minimum atomic E-state index is -2.86. The summed E-state index contributed by atoms with van der Waals surface area (Å²) in [4.78, 5) is 0. The molecule has 4 heteroatoms. The molecule has 0 atom stereocenters. The summed E-state index contributed by atoms with van der Waals surface area (Å²) in [7, 11) is 0. The second kappa shape index (κ2) is 7.43. The van der Waals surface area contributed by atoms with Crippen LogP contribution >= 0.6 is 0 Å². The van der Waals surface area contributed by atoms with Gasteiger partial charge in [0.15, 0.2) is 0 Å². The van der Waals surface area contributed by atoms with Crippen molar-refractivity contribution in [2.24, 2.45) is 0 Å². The van der Waals surface area contributed by atoms with Crippen LogP contribution in [0.4, 0.5) is 13.2 Å². The fourth-order valence-corrected chi connectivity index (χ4v) is 2.78. The van der Waals surface area contributed by atoms with E-state index in [1.54, 1.807) is 42.5 Å². The first kappa shape index (κ1) is 17.1. The van der Waals surface area contributed by atoms with Crippen LogP contribution < -0.4 is 4.74 Å². The van der Waals surface area contributed by atoms with E-state index in [9.17, 15) is 13.2 Å². The molecule has 25 heavy (non-hydrogen) atoms. The molecule has 0 aliphatic rings. The van der Waals surface area contributed by atoms with E-state index in [-0.39, 0.29) is 11.6 Å². The highest BCUT2D eigenvalue weighted by molar-refractivity contribution is 5.88. The molecule has 0 aliphatic carbocycles. The van der Waals surface area contributed by atoms with Gasteiger partial charge in [0, 0.05) is 5.56 Å². The zero-order valence-corrected chi connectivity index (χ0v) is 13.5. The molecule has 0 amide bonds. The molecule has 0 aromatic heterocycles. The van der Waals surface area contributed by atoms with E-state index in [2.05, 4.69) is 11.3 Å². The zero-order chi connectivity index (χ0) is 17.8. The van der Waals surface area contributed by atoms with Gasteiger partial charge in [-0.2, -0.15) is 8.78 Å². The van der Waals surface area contributed by atoms with Crippen LogP contribution in [0.2, 0.25) is 0 Å². The molecule has 0 aliphatic heterocycles. The van der Waals surface area contributed by atoms with E-state index < -0.39 is 6.61 Å². The number of alkyl halides is 2. The summed E-state index contributed by atoms with van der Waals surface area (Å²) in [5, 5.41) is 1.58. The lowest BCUT2D eigenvalue weighted by atomic mass is 9.98. The monoisotopic (exact) mass is 342 g/mol. The van der Waals surface area contributed by atoms with E-state index in [0.717, 1.165) is 34.7 Å². The summed E-state index contributed by atoms with van der Waals surface area (Å²) < 4.78 is 43.4. The zero-order valence-electron chi connectivity index (χ0n) is 13.5. The number of hydrogen-bond acceptors (Lipinski definition) is 1. The van der Waals surface area contributed by atoms with Gasteiger partial charge in [0.05, 0.1) is 0 Å². The minimum Gasteiger partial charge on any atom is -0.435 e. The molecule has 0 heterocycles. The Morgan fingerprint density at radius 3 is 2.44 bits per heavy atom. The van der Waals surface area contributed by atoms with Gasteiger partial charge in [-0.05, 0) is 59.0 Å². The predicted molar refractivity (Wildman–Crippen MR) is 94.5 cm³/mol. The molecular weight excluding hydrogens is 325 g/mol. The molecule has 0 radical (unpaired) electrons. The first-order valence-electron chi connectivity index (χ1n) is 7.95. The third-order valence-electron chi connectivity index (χ3n) is 4.02. The number of aryl methyl sites for hydroxylation is 1. The number of hydrogen-bond donors (Lipinski definition) is 0. The normalized spacial score (nSPS) is 11.0. The summed E-state index contributed by atoms with van der Waals surface area (Å²) in [6.45, 7) is 0.814. The molecule has 0 saturated heterocycles. The largest absolute Gasteiger partial charge is 0.435 e. The standard InChI is InChI=1S/C21H17F3O/c1-2-3-4-14-5-10-19(20(22)11-14)17-7-6-16-13-18(25-21(23)24)9-8-15(16)12-17/h2,5-13,21H,1,3-4H2. The van der Waals surface area contributed by atoms with Gasteiger partial charge in [-0.15, -0.1) is 6.58 Å². The van der Waals surface area contributed by atoms with Gasteiger partial charge in [0.2, 0.25) is 0 Å². The molecular formula is C21H17F3O. The van der Waals surface area contributed by atoms with E-state index in [0.29, 0.717) is 5.56 Å². The van der Waals surface area contributed by atoms with Crippen molar-refractivity contribution in [3.63, 3.8) is 0 Å². The Morgan fingerprint density at radius 2 is 1.72 bits per heavy atom. The molecule has 0 unspecified atom stereocenters. The lowest BCUT2D eigenvalue weighted by Gasteiger charge is -2.09. The first-order chi connectivity index (χ1) is 12.1. The SMILES string of the molecule is C=CCCc1ccc(-c2ccc3cc(OC(F)F)ccc3c2)c(F)c1. The van der Waals surface area contributed by atoms with E-state index in [4.69, 9.17) is 0 Å². The van der Waals surface area contributed by atoms with E-state index >= 15 is 0 Å². The minimum absolute atomic E-state index is 0.105. The van der Waals surface area contributed by atoms with Gasteiger partial charge in [-0.3, -0.25) is 0 Å². The number of halogens is 3. The molecule has 0 bridgehead atoms. The maximum atomic E-state index is 14.4. The fraction of sp³-hybridized carbons (Fsp3) is 0.143. The van der Waals surface area contributed by atoms with Crippen LogP contribution in [-0.2, 0) is 6.42 Å². The average molecular weight is 342 g/mol. The molecule has 3 aromatic carbocycles. The Hall–Kier alpha value is -2.75. The molecule has 0 saturated carbocycles. The Balaban J connectivity index is 1.92. The quantitative estimate of drug-likeness (QED) is 0.473. The average Bonchev–Trinajstić information content (AvgIpc) is 2.59. The number of fused-ring (bicyclic) bond motifs is 1. The number of ether oxygens (including phenoxy) is 1. The predicted octanol–water partition coefficient (Wildman–Crippen LogP) is 6.37. The molecule has 128 valence electrons. The lowest BCUT2D eigenvalue weighted by Crippen LogP contribution is -2.01. The number of rotatable bonds is 6. The van der Waals surface area contributed by atoms with Crippen molar-refractivity contribution in [1.82, 2.24) is 0 Å². The van der Waals surface area contributed by atoms with Crippen molar-refractivity contribution in [3.8, 4) is 16.9 Å². The third kappa shape index (κ3) is 4.02. The highest BCUT2D eigenvalue weighted by Gasteiger charge is 2.09. The summed E-state index contributed by atoms with van der Waals surface area (Å²) in [5.74, 6) is -0.174. The van der Waals surface area contributed by atoms with Crippen LogP contribution in [0.3, 0.4) is 0 Å². The van der Waals surface area contributed by atoms with Crippen LogP contribution in [0.5, 0.6) is 5.75 Å². The van der Waals surface area contributed by atoms with Crippen molar-refractivity contribution in [3.05, 3.63) is 78.6 Å². The third-order valence-corrected chi connectivity index (χ3v) is 4.02. The second-order valence-corrected chi connectivity index (χ2v) is 5.74. The van der Waals surface area contributed by atoms with Crippen LogP contribution in [0.25, 0.3) is 21.9 Å². The molecule has 3 rings (SSSR count). The highest BCUT2D eigenvalue weighted by Crippen LogP contribution is 2.29. The van der Waals surface area contributed by atoms with Gasteiger partial charge < -0.3 is 4.74 Å². The number of allylic oxidation sites excluding steroid dienone is 1. The number of benzene rings is 3. The van der Waals surface area contributed by atoms with Gasteiger partial charge in [0.25, 0.3) is 0 Å². The van der Waals surface area contributed by atoms with Crippen LogP contribution in [0.15, 0.2) is 67.3 Å². The summed E-state index contributed by atoms with van der Waals surface area (Å²) in [5.41, 5.74) is 2.18. The lowest BCUT2D eigenvalue weighted by molar-refractivity contribution is -0.0497. The molecule has 0 spiro atoms. The molecule has 3 aromatic rings. The van der Waals surface area contributed by atoms with E-state index in [1.165, 1.54) is 6.07 Å². The Bertz CT molecular complexity index is 903. The topological polar surface area (TPSA) is 9.23 Å². The summed E-state index contributed by atoms with van der Waals surface area (Å²) in [6.07, 6.45) is 3.37. The van der Waals surface area contributed by atoms with Crippen molar-refractivity contribution in [2.45, 2.75) is 19.5 Å². The molecule has 0 N–H and O–H groups in total. The molecule has 0 fully saturated rings. The Labute approximate surface area is 144 Å². The summed E-state index contributed by atoms with van der Waals surface area (Å²) in [6, 6.07) is 15.3. The van der Waals surface area contributed by atoms with Crippen molar-refractivity contribution in [1.29, 1.82) is 0 Å². The van der Waals surface area contributed by atoms with E-state index in [1.807, 2.05) is 12.1 Å². The van der Waals surface area contributed by atoms with Crippen LogP contribution in [0, 0.1) is 5.82 Å². The highest BCUT2D eigenvalue weighted by atomic mass is 19.3. The Morgan fingerprint density at radius 1 is 0.960 bits per heavy atom. The first-order valence-corrected chi connectivity index (χ1v) is 7.95.